The van der Waals surface area contributed by atoms with Gasteiger partial charge in [0, 0.05) is 24.5 Å². The van der Waals surface area contributed by atoms with E-state index in [0.717, 1.165) is 49.4 Å². The van der Waals surface area contributed by atoms with Gasteiger partial charge in [-0.05, 0) is 13.5 Å². The lowest BCUT2D eigenvalue weighted by atomic mass is 10.4. The van der Waals surface area contributed by atoms with Crippen LogP contribution < -0.4 is 10.2 Å². The molecule has 1 aliphatic rings. The first-order valence-corrected chi connectivity index (χ1v) is 7.38. The Morgan fingerprint density at radius 2 is 2.32 bits per heavy atom. The number of hydrogen-bond acceptors (Lipinski definition) is 6. The zero-order chi connectivity index (χ0) is 13.2. The van der Waals surface area contributed by atoms with Gasteiger partial charge in [0.15, 0.2) is 11.0 Å². The van der Waals surface area contributed by atoms with Crippen LogP contribution in [0.25, 0.3) is 0 Å². The molecular weight excluding hydrogens is 260 g/mol. The molecule has 6 nitrogen and oxygen atoms in total. The van der Waals surface area contributed by atoms with Crippen LogP contribution in [0.4, 0.5) is 5.13 Å². The zero-order valence-corrected chi connectivity index (χ0v) is 12.1. The van der Waals surface area contributed by atoms with Gasteiger partial charge in [-0.25, -0.2) is 4.98 Å². The molecule has 1 N–H and O–H groups in total. The van der Waals surface area contributed by atoms with Crippen molar-refractivity contribution in [3.05, 3.63) is 22.7 Å². The van der Waals surface area contributed by atoms with Gasteiger partial charge in [0.05, 0.1) is 12.2 Å². The van der Waals surface area contributed by atoms with Gasteiger partial charge in [-0.3, -0.25) is 0 Å². The number of fused-ring (bicyclic) bond motifs is 1. The lowest BCUT2D eigenvalue weighted by Gasteiger charge is -2.26. The Kier molecular flexibility index (Phi) is 3.48. The van der Waals surface area contributed by atoms with Crippen LogP contribution >= 0.6 is 11.3 Å². The number of anilines is 1. The first kappa shape index (κ1) is 12.6. The Hall–Kier alpha value is -1.47. The number of hydrogen-bond donors (Lipinski definition) is 1. The van der Waals surface area contributed by atoms with Crippen molar-refractivity contribution in [3.8, 4) is 0 Å². The summed E-state index contributed by atoms with van der Waals surface area (Å²) in [6.07, 6.45) is 1.80. The molecular formula is C12H18N6S. The summed E-state index contributed by atoms with van der Waals surface area (Å²) < 4.78 is 2.11. The molecule has 0 spiro atoms. The third kappa shape index (κ3) is 2.48. The molecule has 0 unspecified atom stereocenters. The second-order valence-electron chi connectivity index (χ2n) is 4.65. The van der Waals surface area contributed by atoms with Crippen LogP contribution in [0.5, 0.6) is 0 Å². The van der Waals surface area contributed by atoms with Gasteiger partial charge in [0.2, 0.25) is 0 Å². The zero-order valence-electron chi connectivity index (χ0n) is 11.3. The van der Waals surface area contributed by atoms with E-state index >= 15 is 0 Å². The van der Waals surface area contributed by atoms with Gasteiger partial charge in [0.25, 0.3) is 0 Å². The van der Waals surface area contributed by atoms with E-state index < -0.39 is 0 Å². The molecule has 7 heteroatoms. The van der Waals surface area contributed by atoms with Crippen molar-refractivity contribution in [3.63, 3.8) is 0 Å². The number of nitrogens with one attached hydrogen (secondary N) is 1. The monoisotopic (exact) mass is 278 g/mol. The first-order chi connectivity index (χ1) is 9.28. The number of aryl methyl sites for hydroxylation is 1. The van der Waals surface area contributed by atoms with Gasteiger partial charge in [-0.15, -0.1) is 21.5 Å². The number of aromatic nitrogens is 4. The average molecular weight is 278 g/mol. The fourth-order valence-corrected chi connectivity index (χ4v) is 3.24. The minimum atomic E-state index is 0.799. The Labute approximate surface area is 116 Å². The first-order valence-electron chi connectivity index (χ1n) is 6.56. The van der Waals surface area contributed by atoms with E-state index in [1.54, 1.807) is 17.7 Å². The maximum atomic E-state index is 4.69. The highest BCUT2D eigenvalue weighted by Gasteiger charge is 2.21. The molecule has 0 radical (unpaired) electrons. The van der Waals surface area contributed by atoms with Gasteiger partial charge in [-0.2, -0.15) is 0 Å². The third-order valence-electron chi connectivity index (χ3n) is 3.33. The lowest BCUT2D eigenvalue weighted by Crippen LogP contribution is -2.33. The van der Waals surface area contributed by atoms with Crippen molar-refractivity contribution in [1.29, 1.82) is 0 Å². The standard InChI is InChI=1S/C12H18N6S/c1-3-13-6-10-9(2)15-12(19-10)17-4-5-18-8-14-16-11(18)7-17/h8,13H,3-7H2,1-2H3. The highest BCUT2D eigenvalue weighted by Crippen LogP contribution is 2.28. The highest BCUT2D eigenvalue weighted by molar-refractivity contribution is 7.15. The molecule has 2 aromatic rings. The molecule has 0 aromatic carbocycles. The second kappa shape index (κ2) is 5.26. The van der Waals surface area contributed by atoms with Crippen LogP contribution in [0.2, 0.25) is 0 Å². The van der Waals surface area contributed by atoms with Gasteiger partial charge < -0.3 is 14.8 Å². The van der Waals surface area contributed by atoms with Crippen LogP contribution in [0, 0.1) is 6.92 Å². The molecule has 0 saturated carbocycles. The third-order valence-corrected chi connectivity index (χ3v) is 4.54. The molecule has 0 bridgehead atoms. The molecule has 0 aliphatic carbocycles. The molecule has 3 heterocycles. The Morgan fingerprint density at radius 3 is 3.16 bits per heavy atom. The summed E-state index contributed by atoms with van der Waals surface area (Å²) in [6, 6.07) is 0. The number of thiazole rings is 1. The molecule has 102 valence electrons. The fraction of sp³-hybridized carbons (Fsp3) is 0.583. The Balaban J connectivity index is 1.76. The summed E-state index contributed by atoms with van der Waals surface area (Å²) in [4.78, 5) is 8.30. The summed E-state index contributed by atoms with van der Waals surface area (Å²) >= 11 is 1.78. The van der Waals surface area contributed by atoms with E-state index in [1.807, 2.05) is 0 Å². The largest absolute Gasteiger partial charge is 0.339 e. The maximum Gasteiger partial charge on any atom is 0.186 e. The highest BCUT2D eigenvalue weighted by atomic mass is 32.1. The second-order valence-corrected chi connectivity index (χ2v) is 5.71. The van der Waals surface area contributed by atoms with Crippen LogP contribution in [0.3, 0.4) is 0 Å². The minimum absolute atomic E-state index is 0.799. The minimum Gasteiger partial charge on any atom is -0.339 e. The molecule has 0 saturated heterocycles. The lowest BCUT2D eigenvalue weighted by molar-refractivity contribution is 0.559. The number of rotatable bonds is 4. The number of nitrogens with zero attached hydrogens (tertiary/aromatic N) is 5. The van der Waals surface area contributed by atoms with E-state index in [9.17, 15) is 0 Å². The molecule has 0 atom stereocenters. The Morgan fingerprint density at radius 1 is 1.42 bits per heavy atom. The van der Waals surface area contributed by atoms with E-state index in [4.69, 9.17) is 4.98 Å². The van der Waals surface area contributed by atoms with Crippen LogP contribution in [-0.2, 0) is 19.6 Å². The van der Waals surface area contributed by atoms with Crippen LogP contribution in [0.15, 0.2) is 6.33 Å². The Bertz CT molecular complexity index is 560. The van der Waals surface area contributed by atoms with E-state index in [2.05, 4.69) is 38.8 Å². The predicted octanol–water partition coefficient (Wildman–Crippen LogP) is 1.17. The van der Waals surface area contributed by atoms with E-state index in [0.29, 0.717) is 0 Å². The van der Waals surface area contributed by atoms with Gasteiger partial charge in [0.1, 0.15) is 6.33 Å². The van der Waals surface area contributed by atoms with Crippen LogP contribution in [-0.4, -0.2) is 32.8 Å². The quantitative estimate of drug-likeness (QED) is 0.910. The summed E-state index contributed by atoms with van der Waals surface area (Å²) in [5, 5.41) is 12.6. The molecule has 1 aliphatic heterocycles. The molecule has 0 amide bonds. The van der Waals surface area contributed by atoms with Crippen molar-refractivity contribution in [2.45, 2.75) is 33.5 Å². The van der Waals surface area contributed by atoms with Crippen molar-refractivity contribution < 1.29 is 0 Å². The summed E-state index contributed by atoms with van der Waals surface area (Å²) in [5.41, 5.74) is 1.13. The van der Waals surface area contributed by atoms with Gasteiger partial charge >= 0.3 is 0 Å². The smallest absolute Gasteiger partial charge is 0.186 e. The molecule has 0 fully saturated rings. The van der Waals surface area contributed by atoms with Crippen molar-refractivity contribution in [2.24, 2.45) is 0 Å². The SMILES string of the molecule is CCNCc1sc(N2CCn3cnnc3C2)nc1C. The van der Waals surface area contributed by atoms with Crippen molar-refractivity contribution in [1.82, 2.24) is 25.1 Å². The summed E-state index contributed by atoms with van der Waals surface area (Å²) in [5.74, 6) is 1.02. The van der Waals surface area contributed by atoms with Crippen molar-refractivity contribution >= 4 is 16.5 Å². The predicted molar refractivity (Wildman–Crippen MR) is 75.3 cm³/mol. The van der Waals surface area contributed by atoms with E-state index in [-0.39, 0.29) is 0 Å². The summed E-state index contributed by atoms with van der Waals surface area (Å²) in [6.45, 7) is 8.80. The van der Waals surface area contributed by atoms with Crippen LogP contribution in [0.1, 0.15) is 23.3 Å². The summed E-state index contributed by atoms with van der Waals surface area (Å²) in [7, 11) is 0. The maximum absolute atomic E-state index is 4.69. The molecule has 2 aromatic heterocycles. The fourth-order valence-electron chi connectivity index (χ4n) is 2.18. The topological polar surface area (TPSA) is 58.9 Å². The molecule has 3 rings (SSSR count). The van der Waals surface area contributed by atoms with Gasteiger partial charge in [-0.1, -0.05) is 6.92 Å². The van der Waals surface area contributed by atoms with E-state index in [1.165, 1.54) is 4.88 Å². The molecule has 19 heavy (non-hydrogen) atoms. The van der Waals surface area contributed by atoms with Crippen molar-refractivity contribution in [2.75, 3.05) is 18.0 Å². The average Bonchev–Trinajstić information content (AvgIpc) is 3.02. The normalized spacial score (nSPS) is 14.7.